The number of rotatable bonds is 24. The Bertz CT molecular complexity index is 1860. The van der Waals surface area contributed by atoms with Crippen molar-refractivity contribution < 1.29 is 8.97 Å². The molecule has 4 nitrogen and oxygen atoms in total. The molecule has 0 spiro atoms. The van der Waals surface area contributed by atoms with Gasteiger partial charge in [-0.05, 0) is 29.7 Å². The van der Waals surface area contributed by atoms with Gasteiger partial charge in [0, 0.05) is 62.3 Å². The van der Waals surface area contributed by atoms with Gasteiger partial charge in [0.2, 0.25) is 0 Å². The lowest BCUT2D eigenvalue weighted by molar-refractivity contribution is -0.948. The minimum atomic E-state index is 0.970. The molecule has 0 aliphatic carbocycles. The second-order valence-corrected chi connectivity index (χ2v) is 16.8. The van der Waals surface area contributed by atoms with Crippen LogP contribution >= 0.6 is 0 Å². The van der Waals surface area contributed by atoms with Crippen molar-refractivity contribution in [3.8, 4) is 0 Å². The van der Waals surface area contributed by atoms with Gasteiger partial charge in [-0.2, -0.15) is 0 Å². The molecule has 57 heavy (non-hydrogen) atoms. The van der Waals surface area contributed by atoms with Crippen LogP contribution in [-0.4, -0.2) is 72.1 Å². The summed E-state index contributed by atoms with van der Waals surface area (Å²) in [5, 5.41) is 0. The van der Waals surface area contributed by atoms with Crippen LogP contribution in [0.3, 0.4) is 0 Å². The van der Waals surface area contributed by atoms with Crippen LogP contribution in [0.2, 0.25) is 0 Å². The highest BCUT2D eigenvalue weighted by Crippen LogP contribution is 2.21. The number of benzene rings is 6. The second-order valence-electron chi connectivity index (χ2n) is 16.8. The largest absolute Gasteiger partial charge is 0.322 e. The van der Waals surface area contributed by atoms with Gasteiger partial charge in [-0.15, -0.1) is 0 Å². The Morgan fingerprint density at radius 2 is 0.579 bits per heavy atom. The van der Waals surface area contributed by atoms with Crippen molar-refractivity contribution in [1.82, 2.24) is 9.80 Å². The number of nitrogens with zero attached hydrogens (tertiary/aromatic N) is 4. The Morgan fingerprint density at radius 3 is 0.982 bits per heavy atom. The number of hydrogen-bond donors (Lipinski definition) is 0. The van der Waals surface area contributed by atoms with E-state index in [-0.39, 0.29) is 0 Å². The molecule has 0 radical (unpaired) electrons. The fraction of sp³-hybridized carbons (Fsp3) is 0.321. The van der Waals surface area contributed by atoms with Crippen LogP contribution in [0, 0.1) is 0 Å². The average Bonchev–Trinajstić information content (AvgIpc) is 3.23. The maximum Gasteiger partial charge on any atom is 0.104 e. The van der Waals surface area contributed by atoms with Crippen molar-refractivity contribution in [2.45, 2.75) is 58.5 Å². The Kier molecular flexibility index (Phi) is 16.3. The SMILES string of the molecule is C[N+](CCCN(CCCN(Cc1ccccc1)Cc1ccccc1)Cc1ccccc1)(CCC[N+](C)(Cc1ccccc1)Cc1ccccc1)Cc1ccccc1. The third-order valence-electron chi connectivity index (χ3n) is 11.5. The first-order valence-electron chi connectivity index (χ1n) is 21.3. The smallest absolute Gasteiger partial charge is 0.104 e. The summed E-state index contributed by atoms with van der Waals surface area (Å²) in [4.78, 5) is 5.35. The van der Waals surface area contributed by atoms with Gasteiger partial charge < -0.3 is 8.97 Å². The molecular weight excluding hydrogens is 693 g/mol. The zero-order chi connectivity index (χ0) is 39.4. The molecule has 6 aromatic rings. The summed E-state index contributed by atoms with van der Waals surface area (Å²) < 4.78 is 2.07. The highest BCUT2D eigenvalue weighted by molar-refractivity contribution is 5.19. The van der Waals surface area contributed by atoms with Crippen molar-refractivity contribution in [3.63, 3.8) is 0 Å². The van der Waals surface area contributed by atoms with E-state index in [2.05, 4.69) is 206 Å². The van der Waals surface area contributed by atoms with E-state index in [9.17, 15) is 0 Å². The molecule has 1 atom stereocenters. The summed E-state index contributed by atoms with van der Waals surface area (Å²) in [6.45, 7) is 12.8. The molecular formula is C53H66N4+2. The second kappa shape index (κ2) is 22.2. The van der Waals surface area contributed by atoms with Crippen LogP contribution in [0.5, 0.6) is 0 Å². The summed E-state index contributed by atoms with van der Waals surface area (Å²) in [5.41, 5.74) is 8.43. The van der Waals surface area contributed by atoms with Crippen LogP contribution in [0.25, 0.3) is 0 Å². The van der Waals surface area contributed by atoms with Crippen LogP contribution in [-0.2, 0) is 39.3 Å². The summed E-state index contributed by atoms with van der Waals surface area (Å²) in [5.74, 6) is 0. The summed E-state index contributed by atoms with van der Waals surface area (Å²) in [7, 11) is 4.97. The van der Waals surface area contributed by atoms with E-state index in [0.717, 1.165) is 87.4 Å². The van der Waals surface area contributed by atoms with Crippen LogP contribution in [0.15, 0.2) is 182 Å². The highest BCUT2D eigenvalue weighted by Gasteiger charge is 2.27. The Morgan fingerprint density at radius 1 is 0.298 bits per heavy atom. The van der Waals surface area contributed by atoms with Gasteiger partial charge in [0.25, 0.3) is 0 Å². The van der Waals surface area contributed by atoms with E-state index < -0.39 is 0 Å². The molecule has 0 amide bonds. The molecule has 0 aromatic heterocycles. The minimum Gasteiger partial charge on any atom is -0.322 e. The molecule has 0 N–H and O–H groups in total. The molecule has 0 aliphatic heterocycles. The van der Waals surface area contributed by atoms with E-state index >= 15 is 0 Å². The molecule has 0 fully saturated rings. The average molecular weight is 759 g/mol. The lowest BCUT2D eigenvalue weighted by Crippen LogP contribution is -2.49. The number of hydrogen-bond acceptors (Lipinski definition) is 2. The molecule has 6 aromatic carbocycles. The maximum absolute atomic E-state index is 2.72. The van der Waals surface area contributed by atoms with Crippen molar-refractivity contribution in [2.75, 3.05) is 53.4 Å². The predicted molar refractivity (Wildman–Crippen MR) is 240 cm³/mol. The fourth-order valence-electron chi connectivity index (χ4n) is 8.59. The number of quaternary nitrogens is 2. The fourth-order valence-corrected chi connectivity index (χ4v) is 8.59. The summed E-state index contributed by atoms with van der Waals surface area (Å²) >= 11 is 0. The molecule has 6 rings (SSSR count). The molecule has 0 aliphatic rings. The normalized spacial score (nSPS) is 12.8. The zero-order valence-corrected chi connectivity index (χ0v) is 34.7. The first-order valence-corrected chi connectivity index (χ1v) is 21.3. The van der Waals surface area contributed by atoms with E-state index in [1.165, 1.54) is 52.8 Å². The van der Waals surface area contributed by atoms with E-state index in [0.29, 0.717) is 0 Å². The first kappa shape index (κ1) is 41.8. The van der Waals surface area contributed by atoms with Crippen LogP contribution in [0.4, 0.5) is 0 Å². The molecule has 296 valence electrons. The molecule has 0 heterocycles. The molecule has 1 unspecified atom stereocenters. The standard InChI is InChI=1S/C53H66N4/c1-56(45-51-30-15-6-16-31-51,40-23-41-57(2,46-52-32-17-7-18-33-52)47-53-34-19-8-20-35-53)39-22-38-54(42-48-24-9-3-10-25-48)36-21-37-55(43-49-26-11-4-12-27-49)44-50-28-13-5-14-29-50/h3-20,24-35H,21-23,36-47H2,1-2H3/q+2. The van der Waals surface area contributed by atoms with E-state index in [1.54, 1.807) is 0 Å². The molecule has 4 heteroatoms. The van der Waals surface area contributed by atoms with Crippen molar-refractivity contribution in [1.29, 1.82) is 0 Å². The summed E-state index contributed by atoms with van der Waals surface area (Å²) in [6, 6.07) is 66.4. The monoisotopic (exact) mass is 759 g/mol. The van der Waals surface area contributed by atoms with Gasteiger partial charge >= 0.3 is 0 Å². The third kappa shape index (κ3) is 14.9. The Labute approximate surface area is 344 Å². The van der Waals surface area contributed by atoms with Gasteiger partial charge in [0.1, 0.15) is 19.6 Å². The lowest BCUT2D eigenvalue weighted by atomic mass is 10.1. The first-order chi connectivity index (χ1) is 27.9. The van der Waals surface area contributed by atoms with Gasteiger partial charge in [0.15, 0.2) is 0 Å². The maximum atomic E-state index is 2.72. The quantitative estimate of drug-likeness (QED) is 0.0567. The van der Waals surface area contributed by atoms with Gasteiger partial charge in [0.05, 0.1) is 33.7 Å². The molecule has 0 bridgehead atoms. The third-order valence-corrected chi connectivity index (χ3v) is 11.5. The van der Waals surface area contributed by atoms with Crippen molar-refractivity contribution >= 4 is 0 Å². The van der Waals surface area contributed by atoms with E-state index in [4.69, 9.17) is 0 Å². The van der Waals surface area contributed by atoms with Crippen molar-refractivity contribution in [2.24, 2.45) is 0 Å². The van der Waals surface area contributed by atoms with Gasteiger partial charge in [-0.3, -0.25) is 9.80 Å². The molecule has 0 saturated carbocycles. The molecule has 0 saturated heterocycles. The van der Waals surface area contributed by atoms with E-state index in [1.807, 2.05) is 0 Å². The highest BCUT2D eigenvalue weighted by atomic mass is 15.4. The van der Waals surface area contributed by atoms with Crippen LogP contribution < -0.4 is 0 Å². The minimum absolute atomic E-state index is 0.970. The summed E-state index contributed by atoms with van der Waals surface area (Å²) in [6.07, 6.45) is 3.50. The predicted octanol–water partition coefficient (Wildman–Crippen LogP) is 10.9. The van der Waals surface area contributed by atoms with Gasteiger partial charge in [-0.25, -0.2) is 0 Å². The topological polar surface area (TPSA) is 6.48 Å². The Balaban J connectivity index is 1.11. The Hall–Kier alpha value is -4.84. The zero-order valence-electron chi connectivity index (χ0n) is 34.7. The lowest BCUT2D eigenvalue weighted by Gasteiger charge is -2.39. The van der Waals surface area contributed by atoms with Crippen LogP contribution in [0.1, 0.15) is 52.6 Å². The van der Waals surface area contributed by atoms with Gasteiger partial charge in [-0.1, -0.05) is 182 Å². The van der Waals surface area contributed by atoms with Crippen molar-refractivity contribution in [3.05, 3.63) is 215 Å².